The molecule has 0 saturated heterocycles. The van der Waals surface area contributed by atoms with Gasteiger partial charge < -0.3 is 4.42 Å². The molecule has 1 aromatic heterocycles. The number of hydrogen-bond acceptors (Lipinski definition) is 2. The third-order valence-corrected chi connectivity index (χ3v) is 3.47. The Morgan fingerprint density at radius 3 is 2.62 bits per heavy atom. The quantitative estimate of drug-likeness (QED) is 0.680. The van der Waals surface area contributed by atoms with Crippen LogP contribution >= 0.6 is 0 Å². The molecule has 0 N–H and O–H groups in total. The second kappa shape index (κ2) is 3.78. The van der Waals surface area contributed by atoms with Crippen LogP contribution < -0.4 is 5.63 Å². The molecule has 82 valence electrons. The van der Waals surface area contributed by atoms with Gasteiger partial charge in [0.25, 0.3) is 0 Å². The van der Waals surface area contributed by atoms with E-state index in [0.717, 1.165) is 11.0 Å². The van der Waals surface area contributed by atoms with Gasteiger partial charge >= 0.3 is 5.63 Å². The first-order chi connectivity index (χ1) is 7.83. The number of rotatable bonds is 1. The van der Waals surface area contributed by atoms with Crippen LogP contribution in [0.15, 0.2) is 39.5 Å². The van der Waals surface area contributed by atoms with Gasteiger partial charge in [-0.3, -0.25) is 0 Å². The molecule has 1 aliphatic carbocycles. The van der Waals surface area contributed by atoms with E-state index in [1.807, 2.05) is 18.2 Å². The summed E-state index contributed by atoms with van der Waals surface area (Å²) < 4.78 is 5.21. The van der Waals surface area contributed by atoms with Crippen molar-refractivity contribution in [1.29, 1.82) is 0 Å². The minimum Gasteiger partial charge on any atom is -0.423 e. The van der Waals surface area contributed by atoms with Crippen molar-refractivity contribution < 1.29 is 4.42 Å². The predicted octanol–water partition coefficient (Wildman–Crippen LogP) is 3.45. The summed E-state index contributed by atoms with van der Waals surface area (Å²) in [6, 6.07) is 9.54. The lowest BCUT2D eigenvalue weighted by Gasteiger charge is -2.09. The van der Waals surface area contributed by atoms with E-state index >= 15 is 0 Å². The van der Waals surface area contributed by atoms with E-state index in [4.69, 9.17) is 4.42 Å². The average molecular weight is 214 g/mol. The SMILES string of the molecule is O=c1ccc2ccc(C3CCCC3)cc2o1. The Kier molecular flexibility index (Phi) is 2.28. The molecule has 1 fully saturated rings. The summed E-state index contributed by atoms with van der Waals surface area (Å²) in [5.74, 6) is 0.662. The maximum Gasteiger partial charge on any atom is 0.336 e. The van der Waals surface area contributed by atoms with Gasteiger partial charge in [-0.05, 0) is 36.5 Å². The first kappa shape index (κ1) is 9.64. The van der Waals surface area contributed by atoms with Crippen molar-refractivity contribution in [3.05, 3.63) is 46.3 Å². The third-order valence-electron chi connectivity index (χ3n) is 3.47. The van der Waals surface area contributed by atoms with Gasteiger partial charge in [0.05, 0.1) is 0 Å². The standard InChI is InChI=1S/C14H14O2/c15-14-8-7-11-5-6-12(9-13(11)16-14)10-3-1-2-4-10/h5-10H,1-4H2. The van der Waals surface area contributed by atoms with Crippen molar-refractivity contribution in [1.82, 2.24) is 0 Å². The predicted molar refractivity (Wildman–Crippen MR) is 63.7 cm³/mol. The van der Waals surface area contributed by atoms with Crippen LogP contribution in [0.3, 0.4) is 0 Å². The Morgan fingerprint density at radius 2 is 1.81 bits per heavy atom. The van der Waals surface area contributed by atoms with Gasteiger partial charge in [0.2, 0.25) is 0 Å². The fourth-order valence-electron chi connectivity index (χ4n) is 2.59. The zero-order valence-corrected chi connectivity index (χ0v) is 9.11. The molecule has 0 atom stereocenters. The molecule has 0 unspecified atom stereocenters. The molecule has 1 aromatic carbocycles. The molecule has 2 aromatic rings. The minimum atomic E-state index is -0.268. The van der Waals surface area contributed by atoms with Gasteiger partial charge in [0.1, 0.15) is 5.58 Å². The summed E-state index contributed by atoms with van der Waals surface area (Å²) in [6.07, 6.45) is 5.17. The largest absolute Gasteiger partial charge is 0.423 e. The summed E-state index contributed by atoms with van der Waals surface area (Å²) in [7, 11) is 0. The van der Waals surface area contributed by atoms with Crippen molar-refractivity contribution >= 4 is 11.0 Å². The third kappa shape index (κ3) is 1.64. The Hall–Kier alpha value is -1.57. The van der Waals surface area contributed by atoms with Crippen molar-refractivity contribution in [2.75, 3.05) is 0 Å². The lowest BCUT2D eigenvalue weighted by atomic mass is 9.97. The molecule has 1 aliphatic rings. The van der Waals surface area contributed by atoms with Gasteiger partial charge in [-0.2, -0.15) is 0 Å². The molecule has 0 spiro atoms. The van der Waals surface area contributed by atoms with Crippen LogP contribution in [0.2, 0.25) is 0 Å². The van der Waals surface area contributed by atoms with Crippen LogP contribution in [-0.4, -0.2) is 0 Å². The average Bonchev–Trinajstić information content (AvgIpc) is 2.81. The van der Waals surface area contributed by atoms with Gasteiger partial charge in [-0.1, -0.05) is 25.0 Å². The highest BCUT2D eigenvalue weighted by Crippen LogP contribution is 2.34. The van der Waals surface area contributed by atoms with Crippen LogP contribution in [0.1, 0.15) is 37.2 Å². The maximum atomic E-state index is 11.1. The fraction of sp³-hybridized carbons (Fsp3) is 0.357. The topological polar surface area (TPSA) is 30.2 Å². The van der Waals surface area contributed by atoms with Crippen LogP contribution in [0.4, 0.5) is 0 Å². The molecule has 0 aliphatic heterocycles. The van der Waals surface area contributed by atoms with E-state index < -0.39 is 0 Å². The first-order valence-corrected chi connectivity index (χ1v) is 5.87. The molecule has 0 bridgehead atoms. The Bertz CT molecular complexity index is 562. The van der Waals surface area contributed by atoms with E-state index in [1.165, 1.54) is 37.3 Å². The summed E-state index contributed by atoms with van der Waals surface area (Å²) in [5.41, 5.74) is 1.77. The molecule has 1 heterocycles. The molecule has 0 amide bonds. The Labute approximate surface area is 93.9 Å². The number of hydrogen-bond donors (Lipinski definition) is 0. The summed E-state index contributed by atoms with van der Waals surface area (Å²) in [6.45, 7) is 0. The normalized spacial score (nSPS) is 17.0. The molecule has 16 heavy (non-hydrogen) atoms. The van der Waals surface area contributed by atoms with E-state index in [1.54, 1.807) is 0 Å². The highest BCUT2D eigenvalue weighted by atomic mass is 16.4. The molecule has 3 rings (SSSR count). The van der Waals surface area contributed by atoms with Crippen molar-refractivity contribution in [2.24, 2.45) is 0 Å². The zero-order chi connectivity index (χ0) is 11.0. The van der Waals surface area contributed by atoms with Gasteiger partial charge in [-0.15, -0.1) is 0 Å². The molecule has 0 radical (unpaired) electrons. The molecule has 2 heteroatoms. The van der Waals surface area contributed by atoms with E-state index in [9.17, 15) is 4.79 Å². The lowest BCUT2D eigenvalue weighted by Crippen LogP contribution is -1.96. The van der Waals surface area contributed by atoms with Crippen LogP contribution in [0, 0.1) is 0 Å². The second-order valence-electron chi connectivity index (χ2n) is 4.53. The highest BCUT2D eigenvalue weighted by Gasteiger charge is 2.17. The smallest absolute Gasteiger partial charge is 0.336 e. The molecule has 1 saturated carbocycles. The number of fused-ring (bicyclic) bond motifs is 1. The Morgan fingerprint density at radius 1 is 1.06 bits per heavy atom. The van der Waals surface area contributed by atoms with Gasteiger partial charge in [-0.25, -0.2) is 4.79 Å². The molecule has 2 nitrogen and oxygen atoms in total. The van der Waals surface area contributed by atoms with Crippen LogP contribution in [0.5, 0.6) is 0 Å². The fourth-order valence-corrected chi connectivity index (χ4v) is 2.59. The molecular formula is C14H14O2. The highest BCUT2D eigenvalue weighted by molar-refractivity contribution is 5.77. The minimum absolute atomic E-state index is 0.268. The van der Waals surface area contributed by atoms with Crippen molar-refractivity contribution in [3.63, 3.8) is 0 Å². The van der Waals surface area contributed by atoms with Crippen molar-refractivity contribution in [2.45, 2.75) is 31.6 Å². The second-order valence-corrected chi connectivity index (χ2v) is 4.53. The summed E-state index contributed by atoms with van der Waals surface area (Å²) in [5, 5.41) is 1.00. The van der Waals surface area contributed by atoms with E-state index in [2.05, 4.69) is 6.07 Å². The van der Waals surface area contributed by atoms with E-state index in [0.29, 0.717) is 5.92 Å². The van der Waals surface area contributed by atoms with Gasteiger partial charge in [0, 0.05) is 11.5 Å². The first-order valence-electron chi connectivity index (χ1n) is 5.87. The zero-order valence-electron chi connectivity index (χ0n) is 9.11. The van der Waals surface area contributed by atoms with Crippen LogP contribution in [0.25, 0.3) is 11.0 Å². The summed E-state index contributed by atoms with van der Waals surface area (Å²) in [4.78, 5) is 11.1. The maximum absolute atomic E-state index is 11.1. The number of benzene rings is 1. The summed E-state index contributed by atoms with van der Waals surface area (Å²) >= 11 is 0. The monoisotopic (exact) mass is 214 g/mol. The van der Waals surface area contributed by atoms with E-state index in [-0.39, 0.29) is 5.63 Å². The van der Waals surface area contributed by atoms with Crippen molar-refractivity contribution in [3.8, 4) is 0 Å². The van der Waals surface area contributed by atoms with Crippen LogP contribution in [-0.2, 0) is 0 Å². The Balaban J connectivity index is 2.10. The lowest BCUT2D eigenvalue weighted by molar-refractivity contribution is 0.559. The van der Waals surface area contributed by atoms with Gasteiger partial charge in [0.15, 0.2) is 0 Å². The molecular weight excluding hydrogens is 200 g/mol.